The zero-order valence-electron chi connectivity index (χ0n) is 12.1. The lowest BCUT2D eigenvalue weighted by Crippen LogP contribution is -2.37. The molecule has 4 nitrogen and oxygen atoms in total. The largest absolute Gasteiger partial charge is 0.469 e. The smallest absolute Gasteiger partial charge is 0.307 e. The van der Waals surface area contributed by atoms with Gasteiger partial charge < -0.3 is 15.0 Å². The van der Waals surface area contributed by atoms with E-state index < -0.39 is 0 Å². The number of likely N-dealkylation sites (N-methyl/N-ethyl adjacent to an activating group) is 1. The van der Waals surface area contributed by atoms with Crippen LogP contribution in [0.4, 0.5) is 0 Å². The molecule has 0 aliphatic rings. The quantitative estimate of drug-likeness (QED) is 0.719. The van der Waals surface area contributed by atoms with E-state index in [0.717, 1.165) is 19.5 Å². The van der Waals surface area contributed by atoms with Crippen LogP contribution in [0.15, 0.2) is 30.3 Å². The van der Waals surface area contributed by atoms with Crippen LogP contribution in [0.1, 0.15) is 12.0 Å². The lowest BCUT2D eigenvalue weighted by molar-refractivity contribution is -0.141. The van der Waals surface area contributed by atoms with Gasteiger partial charge in [0.2, 0.25) is 0 Å². The molecule has 1 atom stereocenters. The first-order valence-corrected chi connectivity index (χ1v) is 6.60. The number of hydrogen-bond acceptors (Lipinski definition) is 4. The van der Waals surface area contributed by atoms with Gasteiger partial charge in [0.25, 0.3) is 0 Å². The summed E-state index contributed by atoms with van der Waals surface area (Å²) in [4.78, 5) is 13.6. The number of rotatable bonds is 8. The van der Waals surface area contributed by atoms with Crippen LogP contribution in [0.2, 0.25) is 0 Å². The summed E-state index contributed by atoms with van der Waals surface area (Å²) in [6.07, 6.45) is 1.24. The standard InChI is InChI=1S/C15H24N2O2/c1-17(2)10-9-16-14(12-15(18)19-3)11-13-7-5-4-6-8-13/h4-8,14,16H,9-12H2,1-3H3. The summed E-state index contributed by atoms with van der Waals surface area (Å²) >= 11 is 0. The molecule has 0 aliphatic carbocycles. The second-order valence-electron chi connectivity index (χ2n) is 4.92. The first-order chi connectivity index (χ1) is 9.11. The van der Waals surface area contributed by atoms with Crippen LogP contribution in [0, 0.1) is 0 Å². The Kier molecular flexibility index (Phi) is 7.15. The van der Waals surface area contributed by atoms with Crippen molar-refractivity contribution < 1.29 is 9.53 Å². The first kappa shape index (κ1) is 15.7. The maximum atomic E-state index is 11.4. The van der Waals surface area contributed by atoms with Gasteiger partial charge in [-0.25, -0.2) is 0 Å². The van der Waals surface area contributed by atoms with Crippen molar-refractivity contribution in [1.29, 1.82) is 0 Å². The van der Waals surface area contributed by atoms with Crippen molar-refractivity contribution in [2.45, 2.75) is 18.9 Å². The molecular formula is C15H24N2O2. The van der Waals surface area contributed by atoms with Crippen molar-refractivity contribution >= 4 is 5.97 Å². The highest BCUT2D eigenvalue weighted by Crippen LogP contribution is 2.06. The van der Waals surface area contributed by atoms with Crippen LogP contribution in [-0.2, 0) is 16.0 Å². The Hall–Kier alpha value is -1.39. The van der Waals surface area contributed by atoms with Gasteiger partial charge in [-0.05, 0) is 26.1 Å². The number of ether oxygens (including phenoxy) is 1. The summed E-state index contributed by atoms with van der Waals surface area (Å²) in [7, 11) is 5.50. The number of carbonyl (C=O) groups is 1. The molecule has 0 aliphatic heterocycles. The highest BCUT2D eigenvalue weighted by Gasteiger charge is 2.14. The molecule has 19 heavy (non-hydrogen) atoms. The SMILES string of the molecule is COC(=O)CC(Cc1ccccc1)NCCN(C)C. The molecule has 0 fully saturated rings. The minimum atomic E-state index is -0.168. The van der Waals surface area contributed by atoms with E-state index in [1.54, 1.807) is 0 Å². The molecule has 1 rings (SSSR count). The van der Waals surface area contributed by atoms with Gasteiger partial charge in [0.05, 0.1) is 13.5 Å². The third-order valence-corrected chi connectivity index (χ3v) is 2.96. The summed E-state index contributed by atoms with van der Waals surface area (Å²) in [5.74, 6) is -0.168. The second kappa shape index (κ2) is 8.67. The Morgan fingerprint density at radius 2 is 2.00 bits per heavy atom. The van der Waals surface area contributed by atoms with Gasteiger partial charge in [-0.1, -0.05) is 30.3 Å². The molecule has 0 bridgehead atoms. The third-order valence-electron chi connectivity index (χ3n) is 2.96. The predicted molar refractivity (Wildman–Crippen MR) is 77.1 cm³/mol. The average molecular weight is 264 g/mol. The Balaban J connectivity index is 2.51. The average Bonchev–Trinajstić information content (AvgIpc) is 2.39. The molecule has 0 heterocycles. The van der Waals surface area contributed by atoms with Crippen molar-refractivity contribution in [1.82, 2.24) is 10.2 Å². The van der Waals surface area contributed by atoms with E-state index in [2.05, 4.69) is 22.3 Å². The van der Waals surface area contributed by atoms with E-state index in [-0.39, 0.29) is 12.0 Å². The van der Waals surface area contributed by atoms with Gasteiger partial charge in [0.1, 0.15) is 0 Å². The molecule has 0 aromatic heterocycles. The Morgan fingerprint density at radius 1 is 1.32 bits per heavy atom. The van der Waals surface area contributed by atoms with Crippen LogP contribution < -0.4 is 5.32 Å². The summed E-state index contributed by atoms with van der Waals surface area (Å²) in [6, 6.07) is 10.3. The summed E-state index contributed by atoms with van der Waals surface area (Å²) < 4.78 is 4.76. The van der Waals surface area contributed by atoms with Crippen LogP contribution >= 0.6 is 0 Å². The Morgan fingerprint density at radius 3 is 2.58 bits per heavy atom. The van der Waals surface area contributed by atoms with Crippen LogP contribution in [0.5, 0.6) is 0 Å². The van der Waals surface area contributed by atoms with Crippen LogP contribution in [-0.4, -0.2) is 51.2 Å². The highest BCUT2D eigenvalue weighted by atomic mass is 16.5. The number of esters is 1. The minimum absolute atomic E-state index is 0.120. The molecule has 1 aromatic carbocycles. The predicted octanol–water partition coefficient (Wildman–Crippen LogP) is 1.31. The molecule has 1 unspecified atom stereocenters. The minimum Gasteiger partial charge on any atom is -0.469 e. The number of nitrogens with one attached hydrogen (secondary N) is 1. The second-order valence-corrected chi connectivity index (χ2v) is 4.92. The monoisotopic (exact) mass is 264 g/mol. The lowest BCUT2D eigenvalue weighted by atomic mass is 10.0. The van der Waals surface area contributed by atoms with Crippen molar-refractivity contribution in [3.63, 3.8) is 0 Å². The van der Waals surface area contributed by atoms with E-state index in [9.17, 15) is 4.79 Å². The fraction of sp³-hybridized carbons (Fsp3) is 0.533. The Bertz CT molecular complexity index is 366. The van der Waals surface area contributed by atoms with Gasteiger partial charge in [0, 0.05) is 19.1 Å². The number of benzene rings is 1. The summed E-state index contributed by atoms with van der Waals surface area (Å²) in [5, 5.41) is 3.42. The van der Waals surface area contributed by atoms with Gasteiger partial charge in [-0.15, -0.1) is 0 Å². The molecule has 0 spiro atoms. The van der Waals surface area contributed by atoms with Crippen molar-refractivity contribution in [3.8, 4) is 0 Å². The molecular weight excluding hydrogens is 240 g/mol. The Labute approximate surface area is 115 Å². The normalized spacial score (nSPS) is 12.4. The number of carbonyl (C=O) groups excluding carboxylic acids is 1. The molecule has 1 N–H and O–H groups in total. The molecule has 0 saturated heterocycles. The molecule has 0 amide bonds. The fourth-order valence-electron chi connectivity index (χ4n) is 1.89. The summed E-state index contributed by atoms with van der Waals surface area (Å²) in [6.45, 7) is 1.81. The number of methoxy groups -OCH3 is 1. The molecule has 1 aromatic rings. The zero-order valence-corrected chi connectivity index (χ0v) is 12.1. The van der Waals surface area contributed by atoms with E-state index >= 15 is 0 Å². The van der Waals surface area contributed by atoms with Crippen LogP contribution in [0.25, 0.3) is 0 Å². The van der Waals surface area contributed by atoms with Gasteiger partial charge in [-0.2, -0.15) is 0 Å². The lowest BCUT2D eigenvalue weighted by Gasteiger charge is -2.19. The first-order valence-electron chi connectivity index (χ1n) is 6.60. The van der Waals surface area contributed by atoms with E-state index in [1.807, 2.05) is 32.3 Å². The van der Waals surface area contributed by atoms with Crippen molar-refractivity contribution in [2.24, 2.45) is 0 Å². The maximum absolute atomic E-state index is 11.4. The highest BCUT2D eigenvalue weighted by molar-refractivity contribution is 5.69. The maximum Gasteiger partial charge on any atom is 0.307 e. The summed E-state index contributed by atoms with van der Waals surface area (Å²) in [5.41, 5.74) is 1.23. The molecule has 0 radical (unpaired) electrons. The molecule has 4 heteroatoms. The fourth-order valence-corrected chi connectivity index (χ4v) is 1.89. The van der Waals surface area contributed by atoms with E-state index in [4.69, 9.17) is 4.74 Å². The van der Waals surface area contributed by atoms with Gasteiger partial charge >= 0.3 is 5.97 Å². The topological polar surface area (TPSA) is 41.6 Å². The number of nitrogens with zero attached hydrogens (tertiary/aromatic N) is 1. The van der Waals surface area contributed by atoms with E-state index in [1.165, 1.54) is 12.7 Å². The molecule has 0 saturated carbocycles. The zero-order chi connectivity index (χ0) is 14.1. The molecule has 106 valence electrons. The van der Waals surface area contributed by atoms with Crippen molar-refractivity contribution in [2.75, 3.05) is 34.3 Å². The van der Waals surface area contributed by atoms with Gasteiger partial charge in [-0.3, -0.25) is 4.79 Å². The van der Waals surface area contributed by atoms with E-state index in [0.29, 0.717) is 6.42 Å². The third kappa shape index (κ3) is 6.94. The van der Waals surface area contributed by atoms with Crippen LogP contribution in [0.3, 0.4) is 0 Å². The van der Waals surface area contributed by atoms with Crippen molar-refractivity contribution in [3.05, 3.63) is 35.9 Å². The number of hydrogen-bond donors (Lipinski definition) is 1. The van der Waals surface area contributed by atoms with Gasteiger partial charge in [0.15, 0.2) is 0 Å².